The zero-order valence-corrected chi connectivity index (χ0v) is 8.30. The highest BCUT2D eigenvalue weighted by atomic mass is 35.5. The van der Waals surface area contributed by atoms with E-state index >= 15 is 0 Å². The maximum absolute atomic E-state index is 5.86. The number of rotatable bonds is 3. The highest BCUT2D eigenvalue weighted by Gasteiger charge is 2.13. The Bertz CT molecular complexity index is 266. The molecule has 0 radical (unpaired) electrons. The van der Waals surface area contributed by atoms with E-state index in [1.165, 1.54) is 19.4 Å². The van der Waals surface area contributed by atoms with Crippen LogP contribution in [0.4, 0.5) is 0 Å². The minimum atomic E-state index is 0.595. The predicted molar refractivity (Wildman–Crippen MR) is 52.9 cm³/mol. The van der Waals surface area contributed by atoms with Crippen LogP contribution in [0.5, 0.6) is 0 Å². The summed E-state index contributed by atoms with van der Waals surface area (Å²) in [5, 5.41) is 4.06. The van der Waals surface area contributed by atoms with Gasteiger partial charge in [-0.2, -0.15) is 0 Å². The Balaban J connectivity index is 1.82. The molecule has 13 heavy (non-hydrogen) atoms. The minimum Gasteiger partial charge on any atom is -0.322 e. The molecule has 1 atom stereocenters. The first-order valence-corrected chi connectivity index (χ1v) is 5.14. The van der Waals surface area contributed by atoms with Gasteiger partial charge in [0.15, 0.2) is 0 Å². The first-order chi connectivity index (χ1) is 6.36. The van der Waals surface area contributed by atoms with Gasteiger partial charge in [-0.05, 0) is 37.4 Å². The summed E-state index contributed by atoms with van der Waals surface area (Å²) in [5.41, 5.74) is 0. The molecule has 0 amide bonds. The second kappa shape index (κ2) is 4.11. The SMILES string of the molecule is Clc1nccn1CCC1CCCN1. The van der Waals surface area contributed by atoms with E-state index in [9.17, 15) is 0 Å². The van der Waals surface area contributed by atoms with Crippen molar-refractivity contribution < 1.29 is 0 Å². The zero-order chi connectivity index (χ0) is 9.10. The number of aryl methyl sites for hydroxylation is 1. The molecular formula is C9H14ClN3. The molecule has 1 aromatic heterocycles. The smallest absolute Gasteiger partial charge is 0.202 e. The third-order valence-corrected chi connectivity index (χ3v) is 2.86. The predicted octanol–water partition coefficient (Wildman–Crippen LogP) is 1.68. The molecule has 1 saturated heterocycles. The first-order valence-electron chi connectivity index (χ1n) is 4.76. The minimum absolute atomic E-state index is 0.595. The van der Waals surface area contributed by atoms with Crippen LogP contribution in [-0.4, -0.2) is 22.1 Å². The monoisotopic (exact) mass is 199 g/mol. The Morgan fingerprint density at radius 1 is 1.69 bits per heavy atom. The summed E-state index contributed by atoms with van der Waals surface area (Å²) in [6.45, 7) is 2.14. The first kappa shape index (κ1) is 9.03. The van der Waals surface area contributed by atoms with Crippen LogP contribution in [0, 0.1) is 0 Å². The normalized spacial score (nSPS) is 22.4. The summed E-state index contributed by atoms with van der Waals surface area (Å²) in [7, 11) is 0. The van der Waals surface area contributed by atoms with Gasteiger partial charge in [-0.15, -0.1) is 0 Å². The van der Waals surface area contributed by atoms with E-state index < -0.39 is 0 Å². The highest BCUT2D eigenvalue weighted by Crippen LogP contribution is 2.12. The summed E-state index contributed by atoms with van der Waals surface area (Å²) in [6, 6.07) is 0.679. The quantitative estimate of drug-likeness (QED) is 0.803. The van der Waals surface area contributed by atoms with E-state index in [0.29, 0.717) is 11.3 Å². The van der Waals surface area contributed by atoms with Crippen LogP contribution in [0.25, 0.3) is 0 Å². The second-order valence-electron chi connectivity index (χ2n) is 3.47. The Kier molecular flexibility index (Phi) is 2.86. The molecule has 72 valence electrons. The average molecular weight is 200 g/mol. The number of aromatic nitrogens is 2. The van der Waals surface area contributed by atoms with Crippen molar-refractivity contribution in [3.05, 3.63) is 17.7 Å². The van der Waals surface area contributed by atoms with E-state index in [4.69, 9.17) is 11.6 Å². The molecule has 0 aromatic carbocycles. The van der Waals surface area contributed by atoms with Crippen molar-refractivity contribution >= 4 is 11.6 Å². The Morgan fingerprint density at radius 3 is 3.23 bits per heavy atom. The topological polar surface area (TPSA) is 29.9 Å². The highest BCUT2D eigenvalue weighted by molar-refractivity contribution is 6.28. The van der Waals surface area contributed by atoms with Crippen LogP contribution in [0.1, 0.15) is 19.3 Å². The number of imidazole rings is 1. The van der Waals surface area contributed by atoms with E-state index in [2.05, 4.69) is 10.3 Å². The van der Waals surface area contributed by atoms with Gasteiger partial charge in [0.1, 0.15) is 0 Å². The van der Waals surface area contributed by atoms with Gasteiger partial charge in [0.2, 0.25) is 5.28 Å². The summed E-state index contributed by atoms with van der Waals surface area (Å²) in [5.74, 6) is 0. The van der Waals surface area contributed by atoms with E-state index in [0.717, 1.165) is 13.0 Å². The van der Waals surface area contributed by atoms with Gasteiger partial charge in [-0.3, -0.25) is 0 Å². The molecule has 0 bridgehead atoms. The molecule has 1 fully saturated rings. The number of nitrogens with one attached hydrogen (secondary N) is 1. The lowest BCUT2D eigenvalue weighted by molar-refractivity contribution is 0.505. The lowest BCUT2D eigenvalue weighted by atomic mass is 10.1. The van der Waals surface area contributed by atoms with Gasteiger partial charge in [-0.25, -0.2) is 4.98 Å². The van der Waals surface area contributed by atoms with E-state index in [-0.39, 0.29) is 0 Å². The number of hydrogen-bond acceptors (Lipinski definition) is 2. The summed E-state index contributed by atoms with van der Waals surface area (Å²) in [4.78, 5) is 3.97. The standard InChI is InChI=1S/C9H14ClN3/c10-9-12-5-7-13(9)6-3-8-2-1-4-11-8/h5,7-8,11H,1-4,6H2. The molecule has 1 aromatic rings. The molecule has 1 N–H and O–H groups in total. The maximum atomic E-state index is 5.86. The Morgan fingerprint density at radius 2 is 2.62 bits per heavy atom. The molecule has 0 spiro atoms. The van der Waals surface area contributed by atoms with Crippen molar-refractivity contribution in [1.82, 2.24) is 14.9 Å². The molecule has 1 aliphatic heterocycles. The second-order valence-corrected chi connectivity index (χ2v) is 3.81. The lowest BCUT2D eigenvalue weighted by Gasteiger charge is -2.10. The molecule has 1 aliphatic rings. The van der Waals surface area contributed by atoms with Crippen molar-refractivity contribution in [1.29, 1.82) is 0 Å². The van der Waals surface area contributed by atoms with Crippen molar-refractivity contribution in [3.8, 4) is 0 Å². The molecule has 2 rings (SSSR count). The Hall–Kier alpha value is -0.540. The summed E-state index contributed by atoms with van der Waals surface area (Å²) < 4.78 is 1.99. The average Bonchev–Trinajstić information content (AvgIpc) is 2.72. The number of nitrogens with zero attached hydrogens (tertiary/aromatic N) is 2. The van der Waals surface area contributed by atoms with Gasteiger partial charge < -0.3 is 9.88 Å². The fourth-order valence-electron chi connectivity index (χ4n) is 1.78. The van der Waals surface area contributed by atoms with Gasteiger partial charge in [0.05, 0.1) is 0 Å². The number of hydrogen-bond donors (Lipinski definition) is 1. The largest absolute Gasteiger partial charge is 0.322 e. The van der Waals surface area contributed by atoms with Crippen LogP contribution in [0.2, 0.25) is 5.28 Å². The van der Waals surface area contributed by atoms with Crippen molar-refractivity contribution in [2.75, 3.05) is 6.54 Å². The van der Waals surface area contributed by atoms with Gasteiger partial charge in [0, 0.05) is 25.0 Å². The fourth-order valence-corrected chi connectivity index (χ4v) is 1.97. The molecule has 0 aliphatic carbocycles. The van der Waals surface area contributed by atoms with Crippen LogP contribution >= 0.6 is 11.6 Å². The van der Waals surface area contributed by atoms with Crippen molar-refractivity contribution in [3.63, 3.8) is 0 Å². The summed E-state index contributed by atoms with van der Waals surface area (Å²) in [6.07, 6.45) is 7.42. The van der Waals surface area contributed by atoms with Crippen LogP contribution in [0.15, 0.2) is 12.4 Å². The van der Waals surface area contributed by atoms with Gasteiger partial charge in [0.25, 0.3) is 0 Å². The molecule has 1 unspecified atom stereocenters. The maximum Gasteiger partial charge on any atom is 0.202 e. The molecule has 4 heteroatoms. The van der Waals surface area contributed by atoms with Crippen molar-refractivity contribution in [2.24, 2.45) is 0 Å². The molecule has 2 heterocycles. The number of halogens is 1. The lowest BCUT2D eigenvalue weighted by Crippen LogP contribution is -2.22. The van der Waals surface area contributed by atoms with Crippen molar-refractivity contribution in [2.45, 2.75) is 31.8 Å². The Labute approximate surface area is 83.1 Å². The van der Waals surface area contributed by atoms with Crippen LogP contribution in [0.3, 0.4) is 0 Å². The third kappa shape index (κ3) is 2.23. The zero-order valence-electron chi connectivity index (χ0n) is 7.54. The fraction of sp³-hybridized carbons (Fsp3) is 0.667. The van der Waals surface area contributed by atoms with Gasteiger partial charge >= 0.3 is 0 Å². The molecular weight excluding hydrogens is 186 g/mol. The van der Waals surface area contributed by atoms with Gasteiger partial charge in [-0.1, -0.05) is 0 Å². The third-order valence-electron chi connectivity index (χ3n) is 2.55. The van der Waals surface area contributed by atoms with E-state index in [1.807, 2.05) is 10.8 Å². The molecule has 0 saturated carbocycles. The molecule has 3 nitrogen and oxygen atoms in total. The van der Waals surface area contributed by atoms with E-state index in [1.54, 1.807) is 6.20 Å². The summed E-state index contributed by atoms with van der Waals surface area (Å²) >= 11 is 5.86. The van der Waals surface area contributed by atoms with Crippen LogP contribution in [-0.2, 0) is 6.54 Å². The van der Waals surface area contributed by atoms with Crippen LogP contribution < -0.4 is 5.32 Å².